The number of hydrogen-bond acceptors (Lipinski definition) is 2. The predicted octanol–water partition coefficient (Wildman–Crippen LogP) is 3.43. The summed E-state index contributed by atoms with van der Waals surface area (Å²) in [5.41, 5.74) is 2.05. The first-order valence-corrected chi connectivity index (χ1v) is 6.04. The third-order valence-electron chi connectivity index (χ3n) is 2.87. The van der Waals surface area contributed by atoms with Crippen molar-refractivity contribution in [1.29, 1.82) is 0 Å². The molecule has 0 radical (unpaired) electrons. The molecule has 2 nitrogen and oxygen atoms in total. The lowest BCUT2D eigenvalue weighted by Gasteiger charge is -2.06. The fraction of sp³-hybridized carbons (Fsp3) is 0.308. The van der Waals surface area contributed by atoms with E-state index in [4.69, 9.17) is 4.74 Å². The highest BCUT2D eigenvalue weighted by atomic mass is 79.9. The predicted molar refractivity (Wildman–Crippen MR) is 66.2 cm³/mol. The Morgan fingerprint density at radius 1 is 1.38 bits per heavy atom. The summed E-state index contributed by atoms with van der Waals surface area (Å²) in [5.74, 6) is 0.154. The molecular weight excluding hydrogens is 268 g/mol. The van der Waals surface area contributed by atoms with Gasteiger partial charge in [-0.2, -0.15) is 0 Å². The minimum absolute atomic E-state index is 0.195. The van der Waals surface area contributed by atoms with Gasteiger partial charge in [-0.1, -0.05) is 34.1 Å². The van der Waals surface area contributed by atoms with Gasteiger partial charge in [-0.3, -0.25) is 0 Å². The van der Waals surface area contributed by atoms with Gasteiger partial charge in [0.25, 0.3) is 0 Å². The number of benzene rings is 1. The lowest BCUT2D eigenvalue weighted by atomic mass is 9.99. The van der Waals surface area contributed by atoms with Crippen LogP contribution in [0.1, 0.15) is 24.3 Å². The first-order valence-electron chi connectivity index (χ1n) is 5.25. The standard InChI is InChI=1S/C13H13BrO2/c1-16-13(15)11-3-2-10(8-11)9-4-6-12(14)7-5-9/h4-8,10H,2-3H2,1H3/t10-/m0/s1. The monoisotopic (exact) mass is 280 g/mol. The summed E-state index contributed by atoms with van der Waals surface area (Å²) in [5, 5.41) is 0. The number of methoxy groups -OCH3 is 1. The molecule has 1 atom stereocenters. The summed E-state index contributed by atoms with van der Waals surface area (Å²) in [6.45, 7) is 0. The van der Waals surface area contributed by atoms with Crippen LogP contribution in [-0.2, 0) is 9.53 Å². The molecule has 1 aliphatic carbocycles. The smallest absolute Gasteiger partial charge is 0.333 e. The maximum absolute atomic E-state index is 11.3. The Morgan fingerprint density at radius 2 is 2.06 bits per heavy atom. The van der Waals surface area contributed by atoms with Crippen LogP contribution in [-0.4, -0.2) is 13.1 Å². The lowest BCUT2D eigenvalue weighted by molar-refractivity contribution is -0.136. The summed E-state index contributed by atoms with van der Waals surface area (Å²) in [7, 11) is 1.43. The fourth-order valence-electron chi connectivity index (χ4n) is 1.99. The van der Waals surface area contributed by atoms with Gasteiger partial charge in [0.2, 0.25) is 0 Å². The van der Waals surface area contributed by atoms with Crippen LogP contribution in [0.15, 0.2) is 40.4 Å². The molecule has 0 unspecified atom stereocenters. The van der Waals surface area contributed by atoms with E-state index < -0.39 is 0 Å². The zero-order valence-electron chi connectivity index (χ0n) is 9.07. The molecule has 1 aromatic carbocycles. The zero-order valence-corrected chi connectivity index (χ0v) is 10.7. The molecule has 0 fully saturated rings. The van der Waals surface area contributed by atoms with E-state index in [0.717, 1.165) is 22.9 Å². The Kier molecular flexibility index (Phi) is 3.44. The van der Waals surface area contributed by atoms with E-state index in [1.54, 1.807) is 0 Å². The minimum Gasteiger partial charge on any atom is -0.466 e. The number of ether oxygens (including phenoxy) is 1. The Morgan fingerprint density at radius 3 is 2.69 bits per heavy atom. The molecule has 0 saturated carbocycles. The molecule has 0 bridgehead atoms. The first-order chi connectivity index (χ1) is 7.70. The summed E-state index contributed by atoms with van der Waals surface area (Å²) >= 11 is 3.41. The molecule has 1 aromatic rings. The first kappa shape index (κ1) is 11.4. The van der Waals surface area contributed by atoms with Gasteiger partial charge in [0, 0.05) is 16.0 Å². The van der Waals surface area contributed by atoms with Crippen molar-refractivity contribution >= 4 is 21.9 Å². The maximum atomic E-state index is 11.3. The second-order valence-corrected chi connectivity index (χ2v) is 4.80. The van der Waals surface area contributed by atoms with Crippen molar-refractivity contribution in [3.05, 3.63) is 46.0 Å². The summed E-state index contributed by atoms with van der Waals surface area (Å²) in [6.07, 6.45) is 3.83. The molecule has 2 rings (SSSR count). The number of hydrogen-bond donors (Lipinski definition) is 0. The van der Waals surface area contributed by atoms with Crippen LogP contribution >= 0.6 is 15.9 Å². The number of halogens is 1. The highest BCUT2D eigenvalue weighted by molar-refractivity contribution is 9.10. The van der Waals surface area contributed by atoms with Gasteiger partial charge >= 0.3 is 5.97 Å². The molecule has 0 aromatic heterocycles. The fourth-order valence-corrected chi connectivity index (χ4v) is 2.26. The Bertz CT molecular complexity index is 420. The highest BCUT2D eigenvalue weighted by Gasteiger charge is 2.22. The zero-order chi connectivity index (χ0) is 11.5. The lowest BCUT2D eigenvalue weighted by Crippen LogP contribution is -2.01. The van der Waals surface area contributed by atoms with E-state index in [2.05, 4.69) is 28.1 Å². The molecule has 84 valence electrons. The largest absolute Gasteiger partial charge is 0.466 e. The van der Waals surface area contributed by atoms with Crippen LogP contribution in [0.2, 0.25) is 0 Å². The van der Waals surface area contributed by atoms with Crippen LogP contribution in [0.25, 0.3) is 0 Å². The van der Waals surface area contributed by atoms with Crippen LogP contribution in [0.5, 0.6) is 0 Å². The van der Waals surface area contributed by atoms with Crippen molar-refractivity contribution in [2.75, 3.05) is 7.11 Å². The molecular formula is C13H13BrO2. The maximum Gasteiger partial charge on any atom is 0.333 e. The van der Waals surface area contributed by atoms with E-state index in [1.807, 2.05) is 18.2 Å². The van der Waals surface area contributed by atoms with Gasteiger partial charge in [-0.15, -0.1) is 0 Å². The highest BCUT2D eigenvalue weighted by Crippen LogP contribution is 2.33. The topological polar surface area (TPSA) is 26.3 Å². The van der Waals surface area contributed by atoms with Crippen molar-refractivity contribution in [3.63, 3.8) is 0 Å². The molecule has 0 aliphatic heterocycles. The minimum atomic E-state index is -0.195. The molecule has 3 heteroatoms. The van der Waals surface area contributed by atoms with Crippen LogP contribution < -0.4 is 0 Å². The van der Waals surface area contributed by atoms with Gasteiger partial charge in [-0.05, 0) is 30.5 Å². The number of esters is 1. The summed E-state index contributed by atoms with van der Waals surface area (Å²) < 4.78 is 5.80. The average molecular weight is 281 g/mol. The third kappa shape index (κ3) is 2.35. The number of rotatable bonds is 2. The molecule has 0 saturated heterocycles. The van der Waals surface area contributed by atoms with Gasteiger partial charge < -0.3 is 4.74 Å². The molecule has 0 N–H and O–H groups in total. The van der Waals surface area contributed by atoms with Crippen molar-refractivity contribution < 1.29 is 9.53 Å². The molecule has 0 amide bonds. The van der Waals surface area contributed by atoms with Crippen LogP contribution in [0.4, 0.5) is 0 Å². The van der Waals surface area contributed by atoms with E-state index >= 15 is 0 Å². The normalized spacial score (nSPS) is 19.4. The van der Waals surface area contributed by atoms with Gasteiger partial charge in [0.1, 0.15) is 0 Å². The van der Waals surface area contributed by atoms with E-state index in [1.165, 1.54) is 12.7 Å². The van der Waals surface area contributed by atoms with Crippen LogP contribution in [0.3, 0.4) is 0 Å². The Labute approximate surface area is 103 Å². The van der Waals surface area contributed by atoms with E-state index in [-0.39, 0.29) is 5.97 Å². The van der Waals surface area contributed by atoms with E-state index in [9.17, 15) is 4.79 Å². The number of carbonyl (C=O) groups excluding carboxylic acids is 1. The summed E-state index contributed by atoms with van der Waals surface area (Å²) in [4.78, 5) is 11.3. The van der Waals surface area contributed by atoms with Gasteiger partial charge in [-0.25, -0.2) is 4.79 Å². The second kappa shape index (κ2) is 4.83. The van der Waals surface area contributed by atoms with Crippen molar-refractivity contribution in [2.45, 2.75) is 18.8 Å². The Balaban J connectivity index is 2.16. The van der Waals surface area contributed by atoms with Crippen LogP contribution in [0, 0.1) is 0 Å². The van der Waals surface area contributed by atoms with Crippen molar-refractivity contribution in [1.82, 2.24) is 0 Å². The van der Waals surface area contributed by atoms with E-state index in [0.29, 0.717) is 5.92 Å². The number of carbonyl (C=O) groups is 1. The SMILES string of the molecule is COC(=O)C1=C[C@@H](c2ccc(Br)cc2)CC1. The average Bonchev–Trinajstić information content (AvgIpc) is 2.78. The summed E-state index contributed by atoms with van der Waals surface area (Å²) in [6, 6.07) is 8.23. The van der Waals surface area contributed by atoms with Crippen molar-refractivity contribution in [3.8, 4) is 0 Å². The van der Waals surface area contributed by atoms with Crippen molar-refractivity contribution in [2.24, 2.45) is 0 Å². The molecule has 0 spiro atoms. The van der Waals surface area contributed by atoms with Gasteiger partial charge in [0.15, 0.2) is 0 Å². The molecule has 0 heterocycles. The van der Waals surface area contributed by atoms with Gasteiger partial charge in [0.05, 0.1) is 7.11 Å². The quantitative estimate of drug-likeness (QED) is 0.776. The second-order valence-electron chi connectivity index (χ2n) is 3.88. The molecule has 16 heavy (non-hydrogen) atoms. The number of allylic oxidation sites excluding steroid dienone is 1. The molecule has 1 aliphatic rings. The third-order valence-corrected chi connectivity index (χ3v) is 3.40. The Hall–Kier alpha value is -1.09.